The van der Waals surface area contributed by atoms with Crippen molar-refractivity contribution < 1.29 is 9.00 Å². The van der Waals surface area contributed by atoms with Gasteiger partial charge in [0.05, 0.1) is 21.3 Å². The van der Waals surface area contributed by atoms with E-state index < -0.39 is 10.8 Å². The molecule has 24 heavy (non-hydrogen) atoms. The summed E-state index contributed by atoms with van der Waals surface area (Å²) in [5.74, 6) is -0.0731. The lowest BCUT2D eigenvalue weighted by Gasteiger charge is -2.31. The van der Waals surface area contributed by atoms with Gasteiger partial charge in [-0.2, -0.15) is 0 Å². The van der Waals surface area contributed by atoms with Crippen LogP contribution in [-0.2, 0) is 10.8 Å². The van der Waals surface area contributed by atoms with Gasteiger partial charge in [0.15, 0.2) is 0 Å². The number of carbonyl (C=O) groups is 1. The molecular formula is C20H25NO2S. The zero-order chi connectivity index (χ0) is 17.9. The van der Waals surface area contributed by atoms with Crippen LogP contribution in [-0.4, -0.2) is 27.1 Å². The van der Waals surface area contributed by atoms with Crippen LogP contribution < -0.4 is 0 Å². The lowest BCUT2D eigenvalue weighted by Crippen LogP contribution is -2.42. The quantitative estimate of drug-likeness (QED) is 0.806. The summed E-state index contributed by atoms with van der Waals surface area (Å²) < 4.78 is 13.0. The molecule has 2 aromatic rings. The molecule has 0 N–H and O–H groups in total. The van der Waals surface area contributed by atoms with Crippen molar-refractivity contribution in [2.24, 2.45) is 0 Å². The third-order valence-electron chi connectivity index (χ3n) is 3.90. The SMILES string of the molecule is Cc1ccc([S@](=O)c2ccccc2C(=O)N(C(C)C)C(C)C)cc1. The van der Waals surface area contributed by atoms with E-state index >= 15 is 0 Å². The number of nitrogens with zero attached hydrogens (tertiary/aromatic N) is 1. The van der Waals surface area contributed by atoms with Crippen molar-refractivity contribution in [3.8, 4) is 0 Å². The summed E-state index contributed by atoms with van der Waals surface area (Å²) in [5.41, 5.74) is 1.63. The van der Waals surface area contributed by atoms with E-state index in [0.29, 0.717) is 15.4 Å². The Morgan fingerprint density at radius 1 is 0.917 bits per heavy atom. The molecule has 0 fully saturated rings. The second-order valence-corrected chi connectivity index (χ2v) is 7.93. The first-order valence-corrected chi connectivity index (χ1v) is 9.38. The van der Waals surface area contributed by atoms with Crippen LogP contribution in [0, 0.1) is 6.92 Å². The van der Waals surface area contributed by atoms with Gasteiger partial charge in [-0.15, -0.1) is 0 Å². The van der Waals surface area contributed by atoms with E-state index in [1.807, 2.05) is 75.9 Å². The van der Waals surface area contributed by atoms with Crippen LogP contribution >= 0.6 is 0 Å². The van der Waals surface area contributed by atoms with E-state index in [1.54, 1.807) is 12.1 Å². The molecule has 4 heteroatoms. The Kier molecular flexibility index (Phi) is 5.94. The number of benzene rings is 2. The molecule has 1 amide bonds. The van der Waals surface area contributed by atoms with Crippen molar-refractivity contribution >= 4 is 16.7 Å². The molecule has 0 aliphatic rings. The first-order valence-electron chi connectivity index (χ1n) is 8.23. The normalized spacial score (nSPS) is 12.5. The molecular weight excluding hydrogens is 318 g/mol. The van der Waals surface area contributed by atoms with Gasteiger partial charge in [-0.05, 0) is 58.9 Å². The highest BCUT2D eigenvalue weighted by Gasteiger charge is 2.25. The zero-order valence-electron chi connectivity index (χ0n) is 14.9. The summed E-state index contributed by atoms with van der Waals surface area (Å²) >= 11 is 0. The van der Waals surface area contributed by atoms with Crippen molar-refractivity contribution in [3.05, 3.63) is 59.7 Å². The Bertz CT molecular complexity index is 728. The Morgan fingerprint density at radius 2 is 1.46 bits per heavy atom. The maximum absolute atomic E-state index is 13.0. The van der Waals surface area contributed by atoms with Gasteiger partial charge in [-0.1, -0.05) is 29.8 Å². The molecule has 0 unspecified atom stereocenters. The minimum Gasteiger partial charge on any atom is -0.334 e. The predicted octanol–water partition coefficient (Wildman–Crippen LogP) is 4.42. The average Bonchev–Trinajstić information content (AvgIpc) is 2.54. The van der Waals surface area contributed by atoms with Crippen LogP contribution in [0.25, 0.3) is 0 Å². The molecule has 128 valence electrons. The largest absolute Gasteiger partial charge is 0.334 e. The second kappa shape index (κ2) is 7.75. The highest BCUT2D eigenvalue weighted by molar-refractivity contribution is 7.85. The third-order valence-corrected chi connectivity index (χ3v) is 5.36. The van der Waals surface area contributed by atoms with Gasteiger partial charge >= 0.3 is 0 Å². The van der Waals surface area contributed by atoms with Crippen molar-refractivity contribution in [3.63, 3.8) is 0 Å². The number of carbonyl (C=O) groups excluding carboxylic acids is 1. The van der Waals surface area contributed by atoms with Crippen molar-refractivity contribution in [2.45, 2.75) is 56.5 Å². The zero-order valence-corrected chi connectivity index (χ0v) is 15.8. The molecule has 0 spiro atoms. The van der Waals surface area contributed by atoms with E-state index in [-0.39, 0.29) is 18.0 Å². The van der Waals surface area contributed by atoms with Crippen LogP contribution in [0.3, 0.4) is 0 Å². The number of hydrogen-bond acceptors (Lipinski definition) is 2. The van der Waals surface area contributed by atoms with Gasteiger partial charge in [-0.3, -0.25) is 4.79 Å². The molecule has 1 atom stereocenters. The minimum atomic E-state index is -1.38. The first kappa shape index (κ1) is 18.4. The van der Waals surface area contributed by atoms with E-state index in [4.69, 9.17) is 0 Å². The highest BCUT2D eigenvalue weighted by atomic mass is 32.2. The lowest BCUT2D eigenvalue weighted by atomic mass is 10.1. The topological polar surface area (TPSA) is 37.4 Å². The Labute approximate surface area is 147 Å². The molecule has 0 saturated carbocycles. The average molecular weight is 343 g/mol. The smallest absolute Gasteiger partial charge is 0.255 e. The van der Waals surface area contributed by atoms with Crippen LogP contribution in [0.2, 0.25) is 0 Å². The third kappa shape index (κ3) is 3.93. The second-order valence-electron chi connectivity index (χ2n) is 6.48. The van der Waals surface area contributed by atoms with Crippen LogP contribution in [0.15, 0.2) is 58.3 Å². The number of rotatable bonds is 5. The Morgan fingerprint density at radius 3 is 2.00 bits per heavy atom. The monoisotopic (exact) mass is 343 g/mol. The van der Waals surface area contributed by atoms with Gasteiger partial charge in [0.25, 0.3) is 5.91 Å². The molecule has 0 bridgehead atoms. The fraction of sp³-hybridized carbons (Fsp3) is 0.350. The van der Waals surface area contributed by atoms with Crippen molar-refractivity contribution in [1.29, 1.82) is 0 Å². The minimum absolute atomic E-state index is 0.0731. The summed E-state index contributed by atoms with van der Waals surface area (Å²) in [7, 11) is -1.38. The number of amides is 1. The van der Waals surface area contributed by atoms with E-state index in [2.05, 4.69) is 0 Å². The van der Waals surface area contributed by atoms with E-state index in [9.17, 15) is 9.00 Å². The van der Waals surface area contributed by atoms with Gasteiger partial charge in [0.1, 0.15) is 0 Å². The maximum atomic E-state index is 13.0. The maximum Gasteiger partial charge on any atom is 0.255 e. The van der Waals surface area contributed by atoms with Gasteiger partial charge < -0.3 is 4.90 Å². The Hall–Kier alpha value is -1.94. The molecule has 0 saturated heterocycles. The fourth-order valence-corrected chi connectivity index (χ4v) is 3.99. The Balaban J connectivity index is 2.45. The van der Waals surface area contributed by atoms with Crippen LogP contribution in [0.1, 0.15) is 43.6 Å². The molecule has 0 heterocycles. The van der Waals surface area contributed by atoms with Gasteiger partial charge in [0.2, 0.25) is 0 Å². The molecule has 0 radical (unpaired) electrons. The molecule has 3 nitrogen and oxygen atoms in total. The van der Waals surface area contributed by atoms with Gasteiger partial charge in [-0.25, -0.2) is 4.21 Å². The van der Waals surface area contributed by atoms with Gasteiger partial charge in [0, 0.05) is 17.0 Å². The standard InChI is InChI=1S/C20H25NO2S/c1-14(2)21(15(3)4)20(22)18-8-6-7-9-19(18)24(23)17-12-10-16(5)11-13-17/h6-15H,1-5H3/t24-/m0/s1. The first-order chi connectivity index (χ1) is 11.3. The van der Waals surface area contributed by atoms with E-state index in [0.717, 1.165) is 5.56 Å². The molecule has 0 aromatic heterocycles. The predicted molar refractivity (Wildman–Crippen MR) is 98.7 cm³/mol. The summed E-state index contributed by atoms with van der Waals surface area (Å²) in [6.07, 6.45) is 0. The molecule has 0 aliphatic carbocycles. The number of aryl methyl sites for hydroxylation is 1. The molecule has 2 aromatic carbocycles. The van der Waals surface area contributed by atoms with Crippen LogP contribution in [0.5, 0.6) is 0 Å². The summed E-state index contributed by atoms with van der Waals surface area (Å²) in [5, 5.41) is 0. The van der Waals surface area contributed by atoms with E-state index in [1.165, 1.54) is 0 Å². The fourth-order valence-electron chi connectivity index (χ4n) is 2.80. The van der Waals surface area contributed by atoms with Crippen molar-refractivity contribution in [2.75, 3.05) is 0 Å². The summed E-state index contributed by atoms with van der Waals surface area (Å²) in [6, 6.07) is 14.9. The summed E-state index contributed by atoms with van der Waals surface area (Å²) in [6.45, 7) is 9.98. The highest BCUT2D eigenvalue weighted by Crippen LogP contribution is 2.23. The molecule has 2 rings (SSSR count). The van der Waals surface area contributed by atoms with Crippen LogP contribution in [0.4, 0.5) is 0 Å². The number of hydrogen-bond donors (Lipinski definition) is 0. The molecule has 0 aliphatic heterocycles. The summed E-state index contributed by atoms with van der Waals surface area (Å²) in [4.78, 5) is 16.1. The van der Waals surface area contributed by atoms with Crippen molar-refractivity contribution in [1.82, 2.24) is 4.90 Å². The lowest BCUT2D eigenvalue weighted by molar-refractivity contribution is 0.0640.